The lowest BCUT2D eigenvalue weighted by atomic mass is 10.0. The standard InChI is InChI=1S/C18H18F3NO/c1-12-6-7-14(10-13(12)2)8-9-17(23)22-16-5-3-4-15(11-16)18(19,20)21/h3-7,10-11H,8-9H2,1-2H3,(H,22,23). The second-order valence-corrected chi connectivity index (χ2v) is 5.55. The Labute approximate surface area is 133 Å². The Bertz CT molecular complexity index is 708. The summed E-state index contributed by atoms with van der Waals surface area (Å²) in [4.78, 5) is 11.9. The van der Waals surface area contributed by atoms with Gasteiger partial charge >= 0.3 is 6.18 Å². The van der Waals surface area contributed by atoms with E-state index in [4.69, 9.17) is 0 Å². The fourth-order valence-electron chi connectivity index (χ4n) is 2.21. The SMILES string of the molecule is Cc1ccc(CCC(=O)Nc2cccc(C(F)(F)F)c2)cc1C. The lowest BCUT2D eigenvalue weighted by Gasteiger charge is -2.10. The molecule has 0 saturated heterocycles. The van der Waals surface area contributed by atoms with Crippen LogP contribution in [0.1, 0.15) is 28.7 Å². The maximum atomic E-state index is 12.6. The van der Waals surface area contributed by atoms with Gasteiger partial charge in [0.2, 0.25) is 5.91 Å². The second kappa shape index (κ2) is 6.86. The molecule has 2 nitrogen and oxygen atoms in total. The highest BCUT2D eigenvalue weighted by molar-refractivity contribution is 5.90. The average molecular weight is 321 g/mol. The zero-order valence-corrected chi connectivity index (χ0v) is 13.0. The minimum atomic E-state index is -4.42. The minimum absolute atomic E-state index is 0.157. The van der Waals surface area contributed by atoms with Crippen LogP contribution in [0.25, 0.3) is 0 Å². The molecular formula is C18H18F3NO. The lowest BCUT2D eigenvalue weighted by molar-refractivity contribution is -0.137. The number of anilines is 1. The molecule has 5 heteroatoms. The van der Waals surface area contributed by atoms with Crippen LogP contribution in [0.4, 0.5) is 18.9 Å². The maximum Gasteiger partial charge on any atom is 0.416 e. The maximum absolute atomic E-state index is 12.6. The van der Waals surface area contributed by atoms with Gasteiger partial charge in [0, 0.05) is 12.1 Å². The van der Waals surface area contributed by atoms with Gasteiger partial charge in [-0.25, -0.2) is 0 Å². The van der Waals surface area contributed by atoms with Crippen molar-refractivity contribution in [2.75, 3.05) is 5.32 Å². The van der Waals surface area contributed by atoms with E-state index in [2.05, 4.69) is 5.32 Å². The van der Waals surface area contributed by atoms with Crippen molar-refractivity contribution < 1.29 is 18.0 Å². The normalized spacial score (nSPS) is 11.3. The molecule has 0 unspecified atom stereocenters. The Kier molecular flexibility index (Phi) is 5.08. The van der Waals surface area contributed by atoms with E-state index in [0.717, 1.165) is 23.3 Å². The zero-order chi connectivity index (χ0) is 17.0. The first-order valence-corrected chi connectivity index (χ1v) is 7.29. The summed E-state index contributed by atoms with van der Waals surface area (Å²) in [6.07, 6.45) is -3.65. The van der Waals surface area contributed by atoms with Gasteiger partial charge in [0.25, 0.3) is 0 Å². The summed E-state index contributed by atoms with van der Waals surface area (Å²) in [5.74, 6) is -0.303. The first kappa shape index (κ1) is 17.1. The van der Waals surface area contributed by atoms with Crippen molar-refractivity contribution in [3.63, 3.8) is 0 Å². The summed E-state index contributed by atoms with van der Waals surface area (Å²) in [5, 5.41) is 2.51. The molecule has 0 aliphatic heterocycles. The van der Waals surface area contributed by atoms with Crippen LogP contribution in [0, 0.1) is 13.8 Å². The number of benzene rings is 2. The molecule has 1 N–H and O–H groups in total. The Morgan fingerprint density at radius 1 is 1.04 bits per heavy atom. The van der Waals surface area contributed by atoms with Crippen molar-refractivity contribution in [3.05, 3.63) is 64.7 Å². The quantitative estimate of drug-likeness (QED) is 0.853. The van der Waals surface area contributed by atoms with E-state index < -0.39 is 11.7 Å². The lowest BCUT2D eigenvalue weighted by Crippen LogP contribution is -2.13. The van der Waals surface area contributed by atoms with Crippen LogP contribution in [0.3, 0.4) is 0 Å². The van der Waals surface area contributed by atoms with Gasteiger partial charge in [-0.1, -0.05) is 24.3 Å². The Balaban J connectivity index is 1.96. The smallest absolute Gasteiger partial charge is 0.326 e. The summed E-state index contributed by atoms with van der Waals surface area (Å²) >= 11 is 0. The molecule has 0 radical (unpaired) electrons. The highest BCUT2D eigenvalue weighted by atomic mass is 19.4. The highest BCUT2D eigenvalue weighted by Crippen LogP contribution is 2.30. The van der Waals surface area contributed by atoms with E-state index in [1.54, 1.807) is 0 Å². The van der Waals surface area contributed by atoms with Gasteiger partial charge in [0.1, 0.15) is 0 Å². The second-order valence-electron chi connectivity index (χ2n) is 5.55. The topological polar surface area (TPSA) is 29.1 Å². The average Bonchev–Trinajstić information content (AvgIpc) is 2.48. The van der Waals surface area contributed by atoms with Crippen LogP contribution in [-0.4, -0.2) is 5.91 Å². The molecule has 2 aromatic rings. The molecular weight excluding hydrogens is 303 g/mol. The Morgan fingerprint density at radius 2 is 1.78 bits per heavy atom. The number of hydrogen-bond acceptors (Lipinski definition) is 1. The molecule has 0 bridgehead atoms. The van der Waals surface area contributed by atoms with Gasteiger partial charge in [-0.2, -0.15) is 13.2 Å². The molecule has 122 valence electrons. The molecule has 0 aromatic heterocycles. The first-order valence-electron chi connectivity index (χ1n) is 7.29. The summed E-state index contributed by atoms with van der Waals surface area (Å²) in [6, 6.07) is 10.6. The number of carbonyl (C=O) groups excluding carboxylic acids is 1. The number of nitrogens with one attached hydrogen (secondary N) is 1. The number of rotatable bonds is 4. The van der Waals surface area contributed by atoms with E-state index >= 15 is 0 Å². The number of aryl methyl sites for hydroxylation is 3. The summed E-state index contributed by atoms with van der Waals surface area (Å²) in [6.45, 7) is 4.01. The van der Waals surface area contributed by atoms with E-state index in [0.29, 0.717) is 6.42 Å². The number of alkyl halides is 3. The Morgan fingerprint density at radius 3 is 2.43 bits per heavy atom. The molecule has 1 amide bonds. The number of hydrogen-bond donors (Lipinski definition) is 1. The molecule has 0 aliphatic rings. The fourth-order valence-corrected chi connectivity index (χ4v) is 2.21. The third kappa shape index (κ3) is 4.84. The minimum Gasteiger partial charge on any atom is -0.326 e. The summed E-state index contributed by atoms with van der Waals surface area (Å²) in [5.41, 5.74) is 2.75. The number of halogens is 3. The number of carbonyl (C=O) groups is 1. The predicted octanol–water partition coefficient (Wildman–Crippen LogP) is 4.89. The van der Waals surface area contributed by atoms with Crippen LogP contribution in [0.2, 0.25) is 0 Å². The van der Waals surface area contributed by atoms with Crippen molar-refractivity contribution in [1.29, 1.82) is 0 Å². The van der Waals surface area contributed by atoms with Crippen molar-refractivity contribution in [2.45, 2.75) is 32.9 Å². The van der Waals surface area contributed by atoms with E-state index in [-0.39, 0.29) is 18.0 Å². The van der Waals surface area contributed by atoms with Gasteiger partial charge in [0.05, 0.1) is 5.56 Å². The van der Waals surface area contributed by atoms with Crippen molar-refractivity contribution >= 4 is 11.6 Å². The summed E-state index contributed by atoms with van der Waals surface area (Å²) < 4.78 is 37.9. The van der Waals surface area contributed by atoms with Crippen LogP contribution in [-0.2, 0) is 17.4 Å². The third-order valence-electron chi connectivity index (χ3n) is 3.69. The summed E-state index contributed by atoms with van der Waals surface area (Å²) in [7, 11) is 0. The largest absolute Gasteiger partial charge is 0.416 e. The monoisotopic (exact) mass is 321 g/mol. The Hall–Kier alpha value is -2.30. The van der Waals surface area contributed by atoms with Crippen LogP contribution in [0.5, 0.6) is 0 Å². The van der Waals surface area contributed by atoms with Crippen molar-refractivity contribution in [1.82, 2.24) is 0 Å². The van der Waals surface area contributed by atoms with E-state index in [9.17, 15) is 18.0 Å². The molecule has 0 aliphatic carbocycles. The first-order chi connectivity index (χ1) is 10.8. The predicted molar refractivity (Wildman–Crippen MR) is 84.3 cm³/mol. The molecule has 2 aromatic carbocycles. The molecule has 0 heterocycles. The van der Waals surface area contributed by atoms with Gasteiger partial charge in [0.15, 0.2) is 0 Å². The highest BCUT2D eigenvalue weighted by Gasteiger charge is 2.30. The van der Waals surface area contributed by atoms with Crippen molar-refractivity contribution in [3.8, 4) is 0 Å². The van der Waals surface area contributed by atoms with Crippen LogP contribution < -0.4 is 5.32 Å². The molecule has 0 fully saturated rings. The molecule has 2 rings (SSSR count). The molecule has 0 atom stereocenters. The van der Waals surface area contributed by atoms with E-state index in [1.165, 1.54) is 17.7 Å². The van der Waals surface area contributed by atoms with Gasteiger partial charge < -0.3 is 5.32 Å². The number of amides is 1. The third-order valence-corrected chi connectivity index (χ3v) is 3.69. The molecule has 0 spiro atoms. The van der Waals surface area contributed by atoms with Crippen molar-refractivity contribution in [2.24, 2.45) is 0 Å². The zero-order valence-electron chi connectivity index (χ0n) is 13.0. The van der Waals surface area contributed by atoms with E-state index in [1.807, 2.05) is 32.0 Å². The van der Waals surface area contributed by atoms with Gasteiger partial charge in [-0.3, -0.25) is 4.79 Å². The van der Waals surface area contributed by atoms with Gasteiger partial charge in [-0.05, 0) is 55.2 Å². The van der Waals surface area contributed by atoms with Gasteiger partial charge in [-0.15, -0.1) is 0 Å². The molecule has 0 saturated carbocycles. The van der Waals surface area contributed by atoms with Crippen LogP contribution >= 0.6 is 0 Å². The fraction of sp³-hybridized carbons (Fsp3) is 0.278. The van der Waals surface area contributed by atoms with Crippen LogP contribution in [0.15, 0.2) is 42.5 Å². The molecule has 23 heavy (non-hydrogen) atoms.